The zero-order valence-corrected chi connectivity index (χ0v) is 15.0. The Hall–Kier alpha value is -2.17. The molecule has 2 aromatic rings. The molecule has 0 aliphatic carbocycles. The van der Waals surface area contributed by atoms with Crippen molar-refractivity contribution in [2.75, 3.05) is 7.11 Å². The van der Waals surface area contributed by atoms with Crippen molar-refractivity contribution in [1.29, 1.82) is 0 Å². The van der Waals surface area contributed by atoms with E-state index in [1.165, 1.54) is 25.3 Å². The topological polar surface area (TPSA) is 115 Å². The molecule has 2 heterocycles. The summed E-state index contributed by atoms with van der Waals surface area (Å²) in [7, 11) is -2.74. The van der Waals surface area contributed by atoms with E-state index >= 15 is 0 Å². The molecule has 0 amide bonds. The van der Waals surface area contributed by atoms with Crippen LogP contribution in [-0.2, 0) is 27.9 Å². The molecule has 25 heavy (non-hydrogen) atoms. The molecular weight excluding hydrogens is 372 g/mol. The number of methoxy groups -OCH3 is 1. The molecule has 1 unspecified atom stereocenters. The monoisotopic (exact) mass is 386 g/mol. The first-order valence-corrected chi connectivity index (χ1v) is 9.04. The zero-order chi connectivity index (χ0) is 18.4. The lowest BCUT2D eigenvalue weighted by molar-refractivity contribution is -0.142. The predicted molar refractivity (Wildman–Crippen MR) is 86.9 cm³/mol. The van der Waals surface area contributed by atoms with E-state index in [0.29, 0.717) is 11.6 Å². The summed E-state index contributed by atoms with van der Waals surface area (Å²) >= 11 is 5.93. The van der Waals surface area contributed by atoms with Gasteiger partial charge in [-0.15, -0.1) is 10.2 Å². The number of fused-ring (bicyclic) bond motifs is 1. The van der Waals surface area contributed by atoms with E-state index < -0.39 is 22.0 Å². The van der Waals surface area contributed by atoms with Gasteiger partial charge in [-0.3, -0.25) is 4.79 Å². The van der Waals surface area contributed by atoms with Gasteiger partial charge >= 0.3 is 5.97 Å². The van der Waals surface area contributed by atoms with Crippen LogP contribution in [0.2, 0.25) is 5.02 Å². The number of halogens is 1. The molecule has 1 aromatic carbocycles. The minimum absolute atomic E-state index is 0.0620. The molecule has 1 aromatic heterocycles. The summed E-state index contributed by atoms with van der Waals surface area (Å²) in [5.74, 6) is -0.139. The highest BCUT2D eigenvalue weighted by Crippen LogP contribution is 2.31. The maximum Gasteiger partial charge on any atom is 0.323 e. The normalized spacial score (nSPS) is 18.0. The van der Waals surface area contributed by atoms with E-state index in [4.69, 9.17) is 16.3 Å². The first-order valence-electron chi connectivity index (χ1n) is 7.22. The zero-order valence-electron chi connectivity index (χ0n) is 13.4. The van der Waals surface area contributed by atoms with Crippen LogP contribution in [0.1, 0.15) is 11.6 Å². The summed E-state index contributed by atoms with van der Waals surface area (Å²) in [6.07, 6.45) is 0. The Morgan fingerprint density at radius 1 is 1.40 bits per heavy atom. The number of nitrogens with zero attached hydrogens (tertiary/aromatic N) is 4. The summed E-state index contributed by atoms with van der Waals surface area (Å²) in [5, 5.41) is 17.6. The molecule has 9 nitrogen and oxygen atoms in total. The van der Waals surface area contributed by atoms with Gasteiger partial charge in [-0.05, 0) is 19.1 Å². The van der Waals surface area contributed by atoms with Gasteiger partial charge in [-0.1, -0.05) is 11.6 Å². The van der Waals surface area contributed by atoms with E-state index in [0.717, 1.165) is 4.31 Å². The van der Waals surface area contributed by atoms with Crippen molar-refractivity contribution >= 4 is 27.6 Å². The Bertz CT molecular complexity index is 943. The first-order chi connectivity index (χ1) is 11.8. The number of ether oxygens (including phenoxy) is 1. The van der Waals surface area contributed by atoms with Crippen LogP contribution in [-0.4, -0.2) is 51.7 Å². The molecule has 0 saturated heterocycles. The molecular formula is C14H15ClN4O5S. The van der Waals surface area contributed by atoms with Crippen molar-refractivity contribution in [2.24, 2.45) is 0 Å². The number of benzene rings is 1. The van der Waals surface area contributed by atoms with Gasteiger partial charge in [-0.25, -0.2) is 8.42 Å². The molecule has 11 heteroatoms. The minimum atomic E-state index is -4.11. The van der Waals surface area contributed by atoms with Crippen molar-refractivity contribution in [3.05, 3.63) is 34.9 Å². The SMILES string of the molecule is COc1cc(S(=O)(=O)N2Cc3nnc(C)n3CC2C(=O)O)ccc1Cl. The number of carbonyl (C=O) groups is 1. The van der Waals surface area contributed by atoms with Crippen LogP contribution in [0, 0.1) is 6.92 Å². The second-order valence-corrected chi connectivity index (χ2v) is 7.77. The summed E-state index contributed by atoms with van der Waals surface area (Å²) in [5.41, 5.74) is 0. The average Bonchev–Trinajstić information content (AvgIpc) is 2.94. The van der Waals surface area contributed by atoms with Crippen molar-refractivity contribution in [1.82, 2.24) is 19.1 Å². The Morgan fingerprint density at radius 2 is 2.12 bits per heavy atom. The lowest BCUT2D eigenvalue weighted by Crippen LogP contribution is -2.50. The molecule has 1 aliphatic rings. The lowest BCUT2D eigenvalue weighted by atomic mass is 10.2. The van der Waals surface area contributed by atoms with Crippen LogP contribution in [0.4, 0.5) is 0 Å². The lowest BCUT2D eigenvalue weighted by Gasteiger charge is -2.32. The number of aromatic nitrogens is 3. The molecule has 3 rings (SSSR count). The third kappa shape index (κ3) is 2.96. The van der Waals surface area contributed by atoms with E-state index in [2.05, 4.69) is 10.2 Å². The maximum atomic E-state index is 13.0. The van der Waals surface area contributed by atoms with Crippen molar-refractivity contribution in [3.63, 3.8) is 0 Å². The van der Waals surface area contributed by atoms with Gasteiger partial charge in [0.25, 0.3) is 0 Å². The summed E-state index contributed by atoms with van der Waals surface area (Å²) in [6.45, 7) is 1.43. The second-order valence-electron chi connectivity index (χ2n) is 5.47. The van der Waals surface area contributed by atoms with Crippen LogP contribution in [0.5, 0.6) is 5.75 Å². The molecule has 1 aliphatic heterocycles. The minimum Gasteiger partial charge on any atom is -0.495 e. The van der Waals surface area contributed by atoms with Crippen LogP contribution in [0.25, 0.3) is 0 Å². The highest BCUT2D eigenvalue weighted by Gasteiger charge is 2.41. The van der Waals surface area contributed by atoms with E-state index in [-0.39, 0.29) is 28.8 Å². The Balaban J connectivity index is 2.07. The Labute approximate surface area is 148 Å². The highest BCUT2D eigenvalue weighted by atomic mass is 35.5. The van der Waals surface area contributed by atoms with E-state index in [1.54, 1.807) is 11.5 Å². The number of carboxylic acid groups (broad SMARTS) is 1. The molecule has 134 valence electrons. The van der Waals surface area contributed by atoms with Gasteiger partial charge in [0.15, 0.2) is 0 Å². The third-order valence-electron chi connectivity index (χ3n) is 4.03. The van der Waals surface area contributed by atoms with Crippen LogP contribution < -0.4 is 4.74 Å². The smallest absolute Gasteiger partial charge is 0.323 e. The number of hydrogen-bond donors (Lipinski definition) is 1. The van der Waals surface area contributed by atoms with Gasteiger partial charge in [0.2, 0.25) is 10.0 Å². The van der Waals surface area contributed by atoms with Crippen LogP contribution >= 0.6 is 11.6 Å². The molecule has 1 N–H and O–H groups in total. The highest BCUT2D eigenvalue weighted by molar-refractivity contribution is 7.89. The number of aliphatic carboxylic acids is 1. The quantitative estimate of drug-likeness (QED) is 0.830. The van der Waals surface area contributed by atoms with E-state index in [1.807, 2.05) is 0 Å². The molecule has 0 bridgehead atoms. The number of sulfonamides is 1. The summed E-state index contributed by atoms with van der Waals surface area (Å²) in [6, 6.07) is 2.69. The van der Waals surface area contributed by atoms with Gasteiger partial charge in [0.1, 0.15) is 23.4 Å². The molecule has 0 saturated carbocycles. The fraction of sp³-hybridized carbons (Fsp3) is 0.357. The molecule has 0 spiro atoms. The Morgan fingerprint density at radius 3 is 2.76 bits per heavy atom. The number of rotatable bonds is 4. The van der Waals surface area contributed by atoms with Crippen LogP contribution in [0.15, 0.2) is 23.1 Å². The third-order valence-corrected chi connectivity index (χ3v) is 6.19. The van der Waals surface area contributed by atoms with Gasteiger partial charge in [-0.2, -0.15) is 4.31 Å². The second kappa shape index (κ2) is 6.28. The average molecular weight is 387 g/mol. The summed E-state index contributed by atoms with van der Waals surface area (Å²) in [4.78, 5) is 11.6. The van der Waals surface area contributed by atoms with Crippen molar-refractivity contribution < 1.29 is 23.1 Å². The van der Waals surface area contributed by atoms with Gasteiger partial charge in [0, 0.05) is 6.07 Å². The van der Waals surface area contributed by atoms with Crippen LogP contribution in [0.3, 0.4) is 0 Å². The first kappa shape index (κ1) is 17.6. The fourth-order valence-electron chi connectivity index (χ4n) is 2.68. The van der Waals surface area contributed by atoms with Gasteiger partial charge < -0.3 is 14.4 Å². The maximum absolute atomic E-state index is 13.0. The Kier molecular flexibility index (Phi) is 4.43. The molecule has 1 atom stereocenters. The molecule has 0 radical (unpaired) electrons. The number of hydrogen-bond acceptors (Lipinski definition) is 6. The standard InChI is InChI=1S/C14H15ClN4O5S/c1-8-16-17-13-7-19(11(14(20)21)6-18(8)13)25(22,23)9-3-4-10(15)12(5-9)24-2/h3-5,11H,6-7H2,1-2H3,(H,20,21). The summed E-state index contributed by atoms with van der Waals surface area (Å²) < 4.78 is 33.6. The molecule has 0 fully saturated rings. The van der Waals surface area contributed by atoms with Crippen molar-refractivity contribution in [3.8, 4) is 5.75 Å². The van der Waals surface area contributed by atoms with Crippen molar-refractivity contribution in [2.45, 2.75) is 31.0 Å². The van der Waals surface area contributed by atoms with E-state index in [9.17, 15) is 18.3 Å². The largest absolute Gasteiger partial charge is 0.495 e. The number of aryl methyl sites for hydroxylation is 1. The fourth-order valence-corrected chi connectivity index (χ4v) is 4.42. The van der Waals surface area contributed by atoms with Gasteiger partial charge in [0.05, 0.1) is 30.1 Å². The predicted octanol–water partition coefficient (Wildman–Crippen LogP) is 0.906. The number of carboxylic acids is 1.